The average molecular weight is 368 g/mol. The summed E-state index contributed by atoms with van der Waals surface area (Å²) in [7, 11) is 4.06. The number of pyridine rings is 1. The van der Waals surface area contributed by atoms with Crippen molar-refractivity contribution in [2.75, 3.05) is 20.6 Å². The Morgan fingerprint density at radius 3 is 2.58 bits per heavy atom. The van der Waals surface area contributed by atoms with Crippen molar-refractivity contribution in [3.63, 3.8) is 0 Å². The van der Waals surface area contributed by atoms with Gasteiger partial charge in [-0.15, -0.1) is 0 Å². The van der Waals surface area contributed by atoms with Crippen LogP contribution in [0, 0.1) is 0 Å². The lowest BCUT2D eigenvalue weighted by Gasteiger charge is -2.07. The maximum Gasteiger partial charge on any atom is 0.344 e. The summed E-state index contributed by atoms with van der Waals surface area (Å²) in [6.07, 6.45) is 2.06. The first-order valence-corrected chi connectivity index (χ1v) is 8.89. The number of aromatic nitrogens is 3. The van der Waals surface area contributed by atoms with Gasteiger partial charge in [0.05, 0.1) is 12.2 Å². The van der Waals surface area contributed by atoms with Gasteiger partial charge in [-0.05, 0) is 44.4 Å². The van der Waals surface area contributed by atoms with Crippen LogP contribution in [0.5, 0.6) is 0 Å². The van der Waals surface area contributed by atoms with Crippen LogP contribution in [0.3, 0.4) is 0 Å². The van der Waals surface area contributed by atoms with Crippen molar-refractivity contribution in [1.29, 1.82) is 0 Å². The molecule has 0 atom stereocenters. The zero-order valence-corrected chi connectivity index (χ0v) is 15.5. The molecule has 26 heavy (non-hydrogen) atoms. The zero-order chi connectivity index (χ0) is 18.3. The van der Waals surface area contributed by atoms with E-state index in [2.05, 4.69) is 22.3 Å². The number of likely N-dealkylation sites (N-methyl/N-ethyl adjacent to an activating group) is 1. The Bertz CT molecular complexity index is 1140. The molecular weight excluding hydrogens is 348 g/mol. The first kappa shape index (κ1) is 16.8. The Morgan fingerprint density at radius 2 is 1.85 bits per heavy atom. The second kappa shape index (κ2) is 6.59. The van der Waals surface area contributed by atoms with Gasteiger partial charge in [0.25, 0.3) is 5.52 Å². The largest absolute Gasteiger partial charge is 0.344 e. The molecule has 0 aliphatic rings. The highest BCUT2D eigenvalue weighted by molar-refractivity contribution is 6.30. The topological polar surface area (TPSA) is 44.9 Å². The van der Waals surface area contributed by atoms with Crippen molar-refractivity contribution in [3.05, 3.63) is 70.1 Å². The third kappa shape index (κ3) is 2.89. The van der Waals surface area contributed by atoms with E-state index in [0.29, 0.717) is 10.5 Å². The molecule has 1 N–H and O–H groups in total. The van der Waals surface area contributed by atoms with Crippen LogP contribution >= 0.6 is 11.6 Å². The van der Waals surface area contributed by atoms with Gasteiger partial charge in [-0.1, -0.05) is 29.8 Å². The Labute approximate surface area is 156 Å². The van der Waals surface area contributed by atoms with E-state index in [-0.39, 0.29) is 5.56 Å². The van der Waals surface area contributed by atoms with Crippen molar-refractivity contribution < 1.29 is 4.57 Å². The minimum Gasteiger partial charge on any atom is -0.303 e. The van der Waals surface area contributed by atoms with Gasteiger partial charge in [-0.25, -0.2) is 4.68 Å². The minimum absolute atomic E-state index is 0.0631. The summed E-state index contributed by atoms with van der Waals surface area (Å²) in [5.74, 6) is 0. The highest BCUT2D eigenvalue weighted by Gasteiger charge is 2.22. The molecule has 0 saturated heterocycles. The number of H-pyrrole nitrogens is 1. The number of hydrogen-bond acceptors (Lipinski definition) is 2. The molecule has 2 aromatic heterocycles. The molecule has 4 aromatic rings. The summed E-state index contributed by atoms with van der Waals surface area (Å²) in [4.78, 5) is 15.3. The number of rotatable bonds is 4. The van der Waals surface area contributed by atoms with Gasteiger partial charge < -0.3 is 4.90 Å². The molecule has 4 rings (SSSR count). The van der Waals surface area contributed by atoms with Crippen LogP contribution in [-0.2, 0) is 6.54 Å². The number of nitrogens with one attached hydrogen (secondary N) is 1. The van der Waals surface area contributed by atoms with Crippen molar-refractivity contribution >= 4 is 33.4 Å². The highest BCUT2D eigenvalue weighted by atomic mass is 35.5. The molecule has 0 unspecified atom stereocenters. The van der Waals surface area contributed by atoms with Gasteiger partial charge in [0, 0.05) is 15.8 Å². The zero-order valence-electron chi connectivity index (χ0n) is 14.7. The van der Waals surface area contributed by atoms with Gasteiger partial charge in [0.2, 0.25) is 0 Å². The quantitative estimate of drug-likeness (QED) is 0.564. The number of aromatic amines is 1. The number of nitrogens with zero attached hydrogens (tertiary/aromatic N) is 3. The fraction of sp³-hybridized carbons (Fsp3) is 0.200. The number of halogens is 1. The molecule has 0 aliphatic heterocycles. The molecule has 0 saturated carbocycles. The monoisotopic (exact) mass is 367 g/mol. The van der Waals surface area contributed by atoms with Gasteiger partial charge >= 0.3 is 5.56 Å². The number of benzene rings is 2. The summed E-state index contributed by atoms with van der Waals surface area (Å²) < 4.78 is 3.63. The summed E-state index contributed by atoms with van der Waals surface area (Å²) >= 11 is 5.99. The third-order valence-electron chi connectivity index (χ3n) is 4.55. The molecule has 0 spiro atoms. The molecule has 2 aromatic carbocycles. The molecular formula is C20H20ClN4O+. The smallest absolute Gasteiger partial charge is 0.303 e. The van der Waals surface area contributed by atoms with Crippen LogP contribution in [0.1, 0.15) is 0 Å². The van der Waals surface area contributed by atoms with Gasteiger partial charge in [0.1, 0.15) is 5.52 Å². The Hall–Kier alpha value is -2.63. The summed E-state index contributed by atoms with van der Waals surface area (Å²) in [5, 5.41) is 6.08. The van der Waals surface area contributed by atoms with Crippen LogP contribution in [0.25, 0.3) is 27.5 Å². The van der Waals surface area contributed by atoms with Crippen LogP contribution < -0.4 is 10.1 Å². The lowest BCUT2D eigenvalue weighted by atomic mass is 10.1. The summed E-state index contributed by atoms with van der Waals surface area (Å²) in [5.41, 5.74) is 2.23. The maximum absolute atomic E-state index is 13.2. The first-order chi connectivity index (χ1) is 12.5. The van der Waals surface area contributed by atoms with E-state index in [0.717, 1.165) is 35.1 Å². The number of fused-ring (bicyclic) bond motifs is 3. The fourth-order valence-electron chi connectivity index (χ4n) is 3.21. The van der Waals surface area contributed by atoms with Crippen molar-refractivity contribution in [2.45, 2.75) is 6.54 Å². The van der Waals surface area contributed by atoms with E-state index in [1.54, 1.807) is 16.8 Å². The molecule has 2 heterocycles. The molecule has 0 radical (unpaired) electrons. The van der Waals surface area contributed by atoms with E-state index in [4.69, 9.17) is 11.6 Å². The lowest BCUT2D eigenvalue weighted by molar-refractivity contribution is -0.670. The van der Waals surface area contributed by atoms with Crippen LogP contribution in [0.15, 0.2) is 59.5 Å². The lowest BCUT2D eigenvalue weighted by Crippen LogP contribution is -2.42. The van der Waals surface area contributed by atoms with Gasteiger partial charge in [-0.3, -0.25) is 9.89 Å². The standard InChI is InChI=1S/C20H19ClN4O/c1-23(2)11-12-24-13-14-5-3-4-6-17(14)18-19(24)20(26)25(22-18)16-9-7-15(21)8-10-16/h3-10,13H,11-12H2,1-2H3/p+1. The Kier molecular flexibility index (Phi) is 4.26. The third-order valence-corrected chi connectivity index (χ3v) is 4.80. The van der Waals surface area contributed by atoms with E-state index < -0.39 is 0 Å². The van der Waals surface area contributed by atoms with Crippen LogP contribution in [0.2, 0.25) is 5.02 Å². The predicted molar refractivity (Wildman–Crippen MR) is 105 cm³/mol. The SMILES string of the molecule is CN(C)CC[n+]1cc2ccccc2c2[nH]n(-c3ccc(Cl)cc3)c(=O)c21. The van der Waals surface area contributed by atoms with Crippen LogP contribution in [0.4, 0.5) is 0 Å². The molecule has 5 nitrogen and oxygen atoms in total. The second-order valence-electron chi connectivity index (χ2n) is 6.67. The average Bonchev–Trinajstić information content (AvgIpc) is 2.98. The Morgan fingerprint density at radius 1 is 1.12 bits per heavy atom. The summed E-state index contributed by atoms with van der Waals surface area (Å²) in [6.45, 7) is 1.59. The normalized spacial score (nSPS) is 11.7. The highest BCUT2D eigenvalue weighted by Crippen LogP contribution is 2.20. The molecule has 0 aliphatic carbocycles. The fourth-order valence-corrected chi connectivity index (χ4v) is 3.33. The minimum atomic E-state index is -0.0631. The van der Waals surface area contributed by atoms with Crippen LogP contribution in [-0.4, -0.2) is 35.3 Å². The molecule has 132 valence electrons. The molecule has 0 bridgehead atoms. The maximum atomic E-state index is 13.2. The van der Waals surface area contributed by atoms with E-state index >= 15 is 0 Å². The van der Waals surface area contributed by atoms with Gasteiger partial charge in [-0.2, -0.15) is 4.57 Å². The van der Waals surface area contributed by atoms with E-state index in [9.17, 15) is 4.79 Å². The predicted octanol–water partition coefficient (Wildman–Crippen LogP) is 2.97. The number of hydrogen-bond donors (Lipinski definition) is 1. The molecule has 0 fully saturated rings. The summed E-state index contributed by atoms with van der Waals surface area (Å²) in [6, 6.07) is 15.4. The van der Waals surface area contributed by atoms with Gasteiger partial charge in [0.15, 0.2) is 12.7 Å². The Balaban J connectivity index is 2.01. The second-order valence-corrected chi connectivity index (χ2v) is 7.10. The van der Waals surface area contributed by atoms with Crippen molar-refractivity contribution in [1.82, 2.24) is 14.7 Å². The van der Waals surface area contributed by atoms with Crippen molar-refractivity contribution in [2.24, 2.45) is 0 Å². The van der Waals surface area contributed by atoms with E-state index in [1.807, 2.05) is 49.0 Å². The molecule has 6 heteroatoms. The van der Waals surface area contributed by atoms with Crippen molar-refractivity contribution in [3.8, 4) is 5.69 Å². The first-order valence-electron chi connectivity index (χ1n) is 8.51. The molecule has 0 amide bonds. The van der Waals surface area contributed by atoms with E-state index in [1.165, 1.54) is 0 Å².